The maximum Gasteiger partial charge on any atom is 0.236 e. The fraction of sp³-hybridized carbons (Fsp3) is 0.600. The van der Waals surface area contributed by atoms with Crippen LogP contribution in [-0.4, -0.2) is 23.9 Å². The molecule has 0 spiro atoms. The molecule has 0 aliphatic carbocycles. The molecule has 0 saturated carbocycles. The Hall–Kier alpha value is -1.04. The number of nitrogens with zero attached hydrogens (tertiary/aromatic N) is 2. The van der Waals surface area contributed by atoms with Crippen molar-refractivity contribution >= 4 is 5.91 Å². The minimum Gasteiger partial charge on any atom is -0.338 e. The highest BCUT2D eigenvalue weighted by Gasteiger charge is 2.22. The Balaban J connectivity index is 2.26. The SMILES string of the molecule is N#CCC(=O)N1CC1. The predicted molar refractivity (Wildman–Crippen MR) is 26.8 cm³/mol. The van der Waals surface area contributed by atoms with Gasteiger partial charge in [0.2, 0.25) is 5.91 Å². The Bertz CT molecular complexity index is 143. The summed E-state index contributed by atoms with van der Waals surface area (Å²) in [4.78, 5) is 12.2. The first-order chi connectivity index (χ1) is 3.84. The van der Waals surface area contributed by atoms with E-state index in [0.717, 1.165) is 13.1 Å². The lowest BCUT2D eigenvalue weighted by atomic mass is 10.4. The average Bonchev–Trinajstić information content (AvgIpc) is 2.45. The van der Waals surface area contributed by atoms with E-state index >= 15 is 0 Å². The Labute approximate surface area is 47.5 Å². The number of carbonyl (C=O) groups is 1. The normalized spacial score (nSPS) is 15.1. The van der Waals surface area contributed by atoms with E-state index in [1.54, 1.807) is 11.0 Å². The van der Waals surface area contributed by atoms with Gasteiger partial charge in [0.25, 0.3) is 0 Å². The van der Waals surface area contributed by atoms with Gasteiger partial charge in [-0.1, -0.05) is 0 Å². The van der Waals surface area contributed by atoms with Crippen LogP contribution in [0.15, 0.2) is 0 Å². The highest BCUT2D eigenvalue weighted by atomic mass is 16.2. The summed E-state index contributed by atoms with van der Waals surface area (Å²) in [6.07, 6.45) is 0.0417. The number of hydrogen-bond donors (Lipinski definition) is 0. The van der Waals surface area contributed by atoms with Crippen LogP contribution in [0.2, 0.25) is 0 Å². The van der Waals surface area contributed by atoms with Crippen molar-refractivity contribution in [1.82, 2.24) is 4.90 Å². The van der Waals surface area contributed by atoms with Crippen molar-refractivity contribution in [3.63, 3.8) is 0 Å². The Morgan fingerprint density at radius 1 is 1.75 bits per heavy atom. The van der Waals surface area contributed by atoms with E-state index in [0.29, 0.717) is 0 Å². The summed E-state index contributed by atoms with van der Waals surface area (Å²) in [5.41, 5.74) is 0. The number of amides is 1. The van der Waals surface area contributed by atoms with E-state index in [4.69, 9.17) is 5.26 Å². The zero-order chi connectivity index (χ0) is 5.98. The van der Waals surface area contributed by atoms with Crippen LogP contribution in [-0.2, 0) is 4.79 Å². The number of nitriles is 1. The minimum atomic E-state index is -0.0347. The quantitative estimate of drug-likeness (QED) is 0.436. The second-order valence-electron chi connectivity index (χ2n) is 1.72. The second kappa shape index (κ2) is 1.83. The first kappa shape index (κ1) is 5.10. The Morgan fingerprint density at radius 3 is 2.75 bits per heavy atom. The monoisotopic (exact) mass is 110 g/mol. The third-order valence-corrected chi connectivity index (χ3v) is 1.03. The maximum atomic E-state index is 10.5. The van der Waals surface area contributed by atoms with Crippen LogP contribution in [0.3, 0.4) is 0 Å². The number of carbonyl (C=O) groups excluding carboxylic acids is 1. The first-order valence-corrected chi connectivity index (χ1v) is 2.49. The highest BCUT2D eigenvalue weighted by Crippen LogP contribution is 2.04. The van der Waals surface area contributed by atoms with Crippen LogP contribution in [0.5, 0.6) is 0 Å². The van der Waals surface area contributed by atoms with Crippen LogP contribution in [0.1, 0.15) is 6.42 Å². The molecule has 1 aliphatic heterocycles. The molecule has 1 saturated heterocycles. The average molecular weight is 110 g/mol. The van der Waals surface area contributed by atoms with Gasteiger partial charge in [-0.15, -0.1) is 0 Å². The molecule has 42 valence electrons. The van der Waals surface area contributed by atoms with Crippen molar-refractivity contribution in [2.45, 2.75) is 6.42 Å². The highest BCUT2D eigenvalue weighted by molar-refractivity contribution is 5.80. The molecule has 3 heteroatoms. The van der Waals surface area contributed by atoms with Gasteiger partial charge < -0.3 is 4.90 Å². The first-order valence-electron chi connectivity index (χ1n) is 2.49. The summed E-state index contributed by atoms with van der Waals surface area (Å²) < 4.78 is 0. The van der Waals surface area contributed by atoms with Crippen LogP contribution >= 0.6 is 0 Å². The van der Waals surface area contributed by atoms with Crippen molar-refractivity contribution in [2.75, 3.05) is 13.1 Å². The van der Waals surface area contributed by atoms with E-state index < -0.39 is 0 Å². The fourth-order valence-corrected chi connectivity index (χ4v) is 0.479. The molecule has 1 aliphatic rings. The van der Waals surface area contributed by atoms with Crippen LogP contribution in [0.25, 0.3) is 0 Å². The third kappa shape index (κ3) is 0.969. The second-order valence-corrected chi connectivity index (χ2v) is 1.72. The third-order valence-electron chi connectivity index (χ3n) is 1.03. The summed E-state index contributed by atoms with van der Waals surface area (Å²) >= 11 is 0. The predicted octanol–water partition coefficient (Wildman–Crippen LogP) is -0.258. The molecule has 0 aromatic rings. The van der Waals surface area contributed by atoms with Gasteiger partial charge in [0.1, 0.15) is 6.42 Å². The van der Waals surface area contributed by atoms with Gasteiger partial charge in [-0.25, -0.2) is 0 Å². The number of rotatable bonds is 1. The van der Waals surface area contributed by atoms with Gasteiger partial charge >= 0.3 is 0 Å². The summed E-state index contributed by atoms with van der Waals surface area (Å²) in [5.74, 6) is -0.0347. The van der Waals surface area contributed by atoms with Crippen molar-refractivity contribution in [3.05, 3.63) is 0 Å². The minimum absolute atomic E-state index is 0.0347. The molecule has 8 heavy (non-hydrogen) atoms. The van der Waals surface area contributed by atoms with E-state index in [2.05, 4.69) is 0 Å². The van der Waals surface area contributed by atoms with Crippen LogP contribution in [0, 0.1) is 11.3 Å². The lowest BCUT2D eigenvalue weighted by Gasteiger charge is -1.90. The topological polar surface area (TPSA) is 43.9 Å². The summed E-state index contributed by atoms with van der Waals surface area (Å²) in [7, 11) is 0. The van der Waals surface area contributed by atoms with Crippen molar-refractivity contribution in [2.24, 2.45) is 0 Å². The van der Waals surface area contributed by atoms with Gasteiger partial charge in [-0.05, 0) is 0 Å². The molecule has 1 rings (SSSR count). The molecular weight excluding hydrogens is 104 g/mol. The largest absolute Gasteiger partial charge is 0.338 e. The number of hydrogen-bond acceptors (Lipinski definition) is 2. The Kier molecular flexibility index (Phi) is 1.17. The van der Waals surface area contributed by atoms with Gasteiger partial charge in [0, 0.05) is 13.1 Å². The van der Waals surface area contributed by atoms with Gasteiger partial charge in [0.15, 0.2) is 0 Å². The van der Waals surface area contributed by atoms with Gasteiger partial charge in [-0.3, -0.25) is 4.79 Å². The van der Waals surface area contributed by atoms with E-state index in [9.17, 15) is 4.79 Å². The maximum absolute atomic E-state index is 10.5. The zero-order valence-corrected chi connectivity index (χ0v) is 4.42. The van der Waals surface area contributed by atoms with E-state index in [1.165, 1.54) is 0 Å². The molecule has 0 atom stereocenters. The Morgan fingerprint density at radius 2 is 2.38 bits per heavy atom. The molecule has 1 amide bonds. The van der Waals surface area contributed by atoms with Crippen molar-refractivity contribution in [3.8, 4) is 6.07 Å². The van der Waals surface area contributed by atoms with Crippen LogP contribution < -0.4 is 0 Å². The molecule has 0 aromatic heterocycles. The standard InChI is InChI=1S/C5H6N2O/c6-2-1-5(8)7-3-4-7/h1,3-4H2. The van der Waals surface area contributed by atoms with Crippen molar-refractivity contribution in [1.29, 1.82) is 5.26 Å². The molecule has 0 bridgehead atoms. The summed E-state index contributed by atoms with van der Waals surface area (Å²) in [6, 6.07) is 1.80. The lowest BCUT2D eigenvalue weighted by Crippen LogP contribution is -2.07. The molecule has 1 fully saturated rings. The molecule has 0 N–H and O–H groups in total. The van der Waals surface area contributed by atoms with E-state index in [-0.39, 0.29) is 12.3 Å². The summed E-state index contributed by atoms with van der Waals surface area (Å²) in [6.45, 7) is 1.70. The molecule has 1 heterocycles. The fourth-order valence-electron chi connectivity index (χ4n) is 0.479. The van der Waals surface area contributed by atoms with Crippen molar-refractivity contribution < 1.29 is 4.79 Å². The van der Waals surface area contributed by atoms with E-state index in [1.807, 2.05) is 0 Å². The molecular formula is C5H6N2O. The summed E-state index contributed by atoms with van der Waals surface area (Å²) in [5, 5.41) is 8.02. The smallest absolute Gasteiger partial charge is 0.236 e. The lowest BCUT2D eigenvalue weighted by molar-refractivity contribution is -0.124. The van der Waals surface area contributed by atoms with Gasteiger partial charge in [-0.2, -0.15) is 5.26 Å². The molecule has 0 aromatic carbocycles. The van der Waals surface area contributed by atoms with Gasteiger partial charge in [0.05, 0.1) is 6.07 Å². The molecule has 0 unspecified atom stereocenters. The zero-order valence-electron chi connectivity index (χ0n) is 4.42. The molecule has 3 nitrogen and oxygen atoms in total. The molecule has 0 radical (unpaired) electrons. The van der Waals surface area contributed by atoms with Crippen LogP contribution in [0.4, 0.5) is 0 Å².